The van der Waals surface area contributed by atoms with Crippen molar-refractivity contribution in [2.75, 3.05) is 17.3 Å². The predicted octanol–water partition coefficient (Wildman–Crippen LogP) is 1.43. The fourth-order valence-electron chi connectivity index (χ4n) is 1.80. The molecule has 0 saturated carbocycles. The van der Waals surface area contributed by atoms with E-state index in [1.165, 1.54) is 0 Å². The van der Waals surface area contributed by atoms with Crippen LogP contribution in [0.1, 0.15) is 17.1 Å². The predicted molar refractivity (Wildman–Crippen MR) is 75.7 cm³/mol. The van der Waals surface area contributed by atoms with Crippen LogP contribution in [0.3, 0.4) is 0 Å². The van der Waals surface area contributed by atoms with Gasteiger partial charge < -0.3 is 10.7 Å². The Hall–Kier alpha value is -2.21. The van der Waals surface area contributed by atoms with Gasteiger partial charge in [-0.3, -0.25) is 4.98 Å². The van der Waals surface area contributed by atoms with Gasteiger partial charge in [0.05, 0.1) is 0 Å². The standard InChI is InChI=1S/C13H18N6/c1-9-12(17-10(2)18-13(9)19-14)16-8-6-11-5-3-4-7-15-11/h3-5,7H,6,8,14H2,1-2H3,(H2,16,17,18,19). The zero-order valence-corrected chi connectivity index (χ0v) is 11.1. The Balaban J connectivity index is 2.02. The van der Waals surface area contributed by atoms with E-state index in [-0.39, 0.29) is 0 Å². The summed E-state index contributed by atoms with van der Waals surface area (Å²) in [5.41, 5.74) is 4.54. The first-order valence-electron chi connectivity index (χ1n) is 6.16. The molecule has 0 aliphatic carbocycles. The molecule has 2 rings (SSSR count). The number of nitrogen functional groups attached to an aromatic ring is 1. The summed E-state index contributed by atoms with van der Waals surface area (Å²) in [6.07, 6.45) is 2.64. The number of rotatable bonds is 5. The zero-order valence-electron chi connectivity index (χ0n) is 11.1. The number of hydrogen-bond donors (Lipinski definition) is 3. The number of hydrazine groups is 1. The number of pyridine rings is 1. The van der Waals surface area contributed by atoms with E-state index >= 15 is 0 Å². The van der Waals surface area contributed by atoms with Crippen LogP contribution < -0.4 is 16.6 Å². The molecule has 0 amide bonds. The molecule has 4 N–H and O–H groups in total. The minimum atomic E-state index is 0.646. The molecule has 2 aromatic heterocycles. The first-order chi connectivity index (χ1) is 9.20. The summed E-state index contributed by atoms with van der Waals surface area (Å²) in [6.45, 7) is 4.53. The van der Waals surface area contributed by atoms with E-state index in [2.05, 4.69) is 25.7 Å². The summed E-state index contributed by atoms with van der Waals surface area (Å²) in [4.78, 5) is 12.9. The minimum Gasteiger partial charge on any atom is -0.369 e. The van der Waals surface area contributed by atoms with Gasteiger partial charge in [-0.1, -0.05) is 6.07 Å². The maximum Gasteiger partial charge on any atom is 0.148 e. The summed E-state index contributed by atoms with van der Waals surface area (Å²) in [7, 11) is 0. The van der Waals surface area contributed by atoms with Gasteiger partial charge in [0.25, 0.3) is 0 Å². The second-order valence-corrected chi connectivity index (χ2v) is 4.24. The van der Waals surface area contributed by atoms with Crippen LogP contribution in [0.5, 0.6) is 0 Å². The van der Waals surface area contributed by atoms with Gasteiger partial charge in [0, 0.05) is 30.4 Å². The highest BCUT2D eigenvalue weighted by molar-refractivity contribution is 5.56. The van der Waals surface area contributed by atoms with Crippen LogP contribution in [0.15, 0.2) is 24.4 Å². The number of anilines is 2. The SMILES string of the molecule is Cc1nc(NN)c(C)c(NCCc2ccccn2)n1. The third-order valence-corrected chi connectivity index (χ3v) is 2.79. The van der Waals surface area contributed by atoms with Crippen LogP contribution in [-0.4, -0.2) is 21.5 Å². The second-order valence-electron chi connectivity index (χ2n) is 4.24. The molecule has 0 aliphatic heterocycles. The van der Waals surface area contributed by atoms with E-state index in [4.69, 9.17) is 5.84 Å². The Bertz CT molecular complexity index is 540. The Labute approximate surface area is 112 Å². The molecule has 6 heteroatoms. The van der Waals surface area contributed by atoms with Crippen molar-refractivity contribution < 1.29 is 0 Å². The summed E-state index contributed by atoms with van der Waals surface area (Å²) in [5, 5.41) is 3.29. The molecule has 19 heavy (non-hydrogen) atoms. The van der Waals surface area contributed by atoms with Gasteiger partial charge in [-0.15, -0.1) is 0 Å². The van der Waals surface area contributed by atoms with Crippen LogP contribution in [0, 0.1) is 13.8 Å². The Morgan fingerprint density at radius 2 is 1.95 bits per heavy atom. The highest BCUT2D eigenvalue weighted by Gasteiger charge is 2.07. The van der Waals surface area contributed by atoms with E-state index in [0.717, 1.165) is 30.0 Å². The van der Waals surface area contributed by atoms with Crippen molar-refractivity contribution in [2.45, 2.75) is 20.3 Å². The smallest absolute Gasteiger partial charge is 0.148 e. The summed E-state index contributed by atoms with van der Waals surface area (Å²) < 4.78 is 0. The van der Waals surface area contributed by atoms with Crippen molar-refractivity contribution >= 4 is 11.6 Å². The Kier molecular flexibility index (Phi) is 4.25. The number of nitrogens with one attached hydrogen (secondary N) is 2. The highest BCUT2D eigenvalue weighted by Crippen LogP contribution is 2.18. The first-order valence-corrected chi connectivity index (χ1v) is 6.16. The number of aromatic nitrogens is 3. The van der Waals surface area contributed by atoms with Gasteiger partial charge in [-0.2, -0.15) is 0 Å². The van der Waals surface area contributed by atoms with Crippen molar-refractivity contribution in [3.05, 3.63) is 41.5 Å². The minimum absolute atomic E-state index is 0.646. The molecular weight excluding hydrogens is 240 g/mol. The quantitative estimate of drug-likeness (QED) is 0.555. The third kappa shape index (κ3) is 3.38. The molecule has 0 aromatic carbocycles. The first kappa shape index (κ1) is 13.2. The van der Waals surface area contributed by atoms with Gasteiger partial charge in [0.1, 0.15) is 17.5 Å². The van der Waals surface area contributed by atoms with Gasteiger partial charge in [0.15, 0.2) is 0 Å². The molecule has 100 valence electrons. The number of hydrogen-bond acceptors (Lipinski definition) is 6. The van der Waals surface area contributed by atoms with Crippen molar-refractivity contribution in [2.24, 2.45) is 5.84 Å². The fraction of sp³-hybridized carbons (Fsp3) is 0.308. The largest absolute Gasteiger partial charge is 0.369 e. The normalized spacial score (nSPS) is 10.3. The topological polar surface area (TPSA) is 88.8 Å². The Morgan fingerprint density at radius 1 is 1.16 bits per heavy atom. The molecule has 0 saturated heterocycles. The van der Waals surface area contributed by atoms with E-state index in [1.54, 1.807) is 6.20 Å². The molecule has 2 aromatic rings. The van der Waals surface area contributed by atoms with Crippen LogP contribution >= 0.6 is 0 Å². The monoisotopic (exact) mass is 258 g/mol. The summed E-state index contributed by atoms with van der Waals surface area (Å²) >= 11 is 0. The van der Waals surface area contributed by atoms with Gasteiger partial charge in [-0.25, -0.2) is 15.8 Å². The average Bonchev–Trinajstić information content (AvgIpc) is 2.43. The maximum atomic E-state index is 5.43. The molecular formula is C13H18N6. The number of nitrogens with two attached hydrogens (primary N) is 1. The van der Waals surface area contributed by atoms with Crippen LogP contribution in [0.4, 0.5) is 11.6 Å². The van der Waals surface area contributed by atoms with Crippen LogP contribution in [0.25, 0.3) is 0 Å². The van der Waals surface area contributed by atoms with E-state index in [9.17, 15) is 0 Å². The van der Waals surface area contributed by atoms with Crippen LogP contribution in [-0.2, 0) is 6.42 Å². The lowest BCUT2D eigenvalue weighted by molar-refractivity contribution is 0.937. The molecule has 0 atom stereocenters. The summed E-state index contributed by atoms with van der Waals surface area (Å²) in [6, 6.07) is 5.90. The zero-order chi connectivity index (χ0) is 13.7. The summed E-state index contributed by atoms with van der Waals surface area (Å²) in [5.74, 6) is 7.56. The lowest BCUT2D eigenvalue weighted by Gasteiger charge is -2.12. The highest BCUT2D eigenvalue weighted by atomic mass is 15.3. The fourth-order valence-corrected chi connectivity index (χ4v) is 1.80. The third-order valence-electron chi connectivity index (χ3n) is 2.79. The number of nitrogens with zero attached hydrogens (tertiary/aromatic N) is 3. The van der Waals surface area contributed by atoms with Gasteiger partial charge >= 0.3 is 0 Å². The van der Waals surface area contributed by atoms with E-state index < -0.39 is 0 Å². The molecule has 0 unspecified atom stereocenters. The Morgan fingerprint density at radius 3 is 2.63 bits per heavy atom. The number of aryl methyl sites for hydroxylation is 1. The molecule has 0 aliphatic rings. The van der Waals surface area contributed by atoms with Crippen LogP contribution in [0.2, 0.25) is 0 Å². The average molecular weight is 258 g/mol. The lowest BCUT2D eigenvalue weighted by Crippen LogP contribution is -2.15. The molecule has 6 nitrogen and oxygen atoms in total. The second kappa shape index (κ2) is 6.10. The van der Waals surface area contributed by atoms with E-state index in [1.807, 2.05) is 32.0 Å². The molecule has 0 bridgehead atoms. The van der Waals surface area contributed by atoms with Crippen molar-refractivity contribution in [3.8, 4) is 0 Å². The van der Waals surface area contributed by atoms with Crippen molar-refractivity contribution in [1.29, 1.82) is 0 Å². The molecule has 0 radical (unpaired) electrons. The van der Waals surface area contributed by atoms with Crippen molar-refractivity contribution in [1.82, 2.24) is 15.0 Å². The molecule has 2 heterocycles. The van der Waals surface area contributed by atoms with E-state index in [0.29, 0.717) is 11.6 Å². The van der Waals surface area contributed by atoms with Crippen molar-refractivity contribution in [3.63, 3.8) is 0 Å². The molecule has 0 fully saturated rings. The van der Waals surface area contributed by atoms with Gasteiger partial charge in [-0.05, 0) is 26.0 Å². The van der Waals surface area contributed by atoms with Gasteiger partial charge in [0.2, 0.25) is 0 Å². The lowest BCUT2D eigenvalue weighted by atomic mass is 10.2. The maximum absolute atomic E-state index is 5.43. The molecule has 0 spiro atoms.